The van der Waals surface area contributed by atoms with E-state index >= 15 is 0 Å². The Labute approximate surface area is 177 Å². The molecular formula is C25H26N4O. The van der Waals surface area contributed by atoms with Crippen LogP contribution in [0.5, 0.6) is 0 Å². The van der Waals surface area contributed by atoms with Gasteiger partial charge in [0.05, 0.1) is 11.9 Å². The van der Waals surface area contributed by atoms with Crippen molar-refractivity contribution in [2.45, 2.75) is 19.4 Å². The molecule has 1 aromatic heterocycles. The number of rotatable bonds is 3. The third-order valence-electron chi connectivity index (χ3n) is 6.14. The summed E-state index contributed by atoms with van der Waals surface area (Å²) in [5, 5.41) is 0. The molecule has 2 aromatic carbocycles. The molecule has 2 aliphatic rings. The Kier molecular flexibility index (Phi) is 4.87. The predicted molar refractivity (Wildman–Crippen MR) is 121 cm³/mol. The van der Waals surface area contributed by atoms with E-state index in [-0.39, 0.29) is 5.91 Å². The number of piperazine rings is 1. The van der Waals surface area contributed by atoms with Gasteiger partial charge in [-0.25, -0.2) is 4.98 Å². The van der Waals surface area contributed by atoms with Crippen LogP contribution in [0.25, 0.3) is 0 Å². The van der Waals surface area contributed by atoms with Crippen LogP contribution >= 0.6 is 0 Å². The largest absolute Gasteiger partial charge is 0.368 e. The zero-order valence-electron chi connectivity index (χ0n) is 17.2. The summed E-state index contributed by atoms with van der Waals surface area (Å²) in [6.45, 7) is 5.35. The van der Waals surface area contributed by atoms with Gasteiger partial charge in [0.25, 0.3) is 5.91 Å². The van der Waals surface area contributed by atoms with Crippen LogP contribution in [-0.4, -0.2) is 48.0 Å². The van der Waals surface area contributed by atoms with Gasteiger partial charge in [0.15, 0.2) is 0 Å². The lowest BCUT2D eigenvalue weighted by atomic mass is 10.1. The molecule has 1 atom stereocenters. The van der Waals surface area contributed by atoms with Crippen molar-refractivity contribution in [1.82, 2.24) is 9.88 Å². The molecule has 5 rings (SSSR count). The van der Waals surface area contributed by atoms with Gasteiger partial charge in [0, 0.05) is 43.6 Å². The van der Waals surface area contributed by atoms with Crippen LogP contribution in [-0.2, 0) is 6.42 Å². The smallest absolute Gasteiger partial charge is 0.272 e. The van der Waals surface area contributed by atoms with Gasteiger partial charge >= 0.3 is 0 Å². The molecule has 3 aromatic rings. The maximum Gasteiger partial charge on any atom is 0.272 e. The summed E-state index contributed by atoms with van der Waals surface area (Å²) in [5.41, 5.74) is 5.38. The minimum absolute atomic E-state index is 0.0177. The number of fused-ring (bicyclic) bond motifs is 1. The Morgan fingerprint density at radius 2 is 1.60 bits per heavy atom. The van der Waals surface area contributed by atoms with Crippen molar-refractivity contribution < 1.29 is 4.79 Å². The van der Waals surface area contributed by atoms with Crippen LogP contribution < -0.4 is 9.80 Å². The van der Waals surface area contributed by atoms with Crippen LogP contribution in [0, 0.1) is 0 Å². The maximum atomic E-state index is 13.0. The van der Waals surface area contributed by atoms with Crippen LogP contribution in [0.15, 0.2) is 72.9 Å². The van der Waals surface area contributed by atoms with Gasteiger partial charge in [-0.2, -0.15) is 0 Å². The van der Waals surface area contributed by atoms with E-state index in [9.17, 15) is 4.79 Å². The van der Waals surface area contributed by atoms with Crippen molar-refractivity contribution in [2.24, 2.45) is 0 Å². The summed E-state index contributed by atoms with van der Waals surface area (Å²) < 4.78 is 0. The van der Waals surface area contributed by atoms with Crippen LogP contribution in [0.1, 0.15) is 23.0 Å². The molecule has 5 nitrogen and oxygen atoms in total. The van der Waals surface area contributed by atoms with E-state index in [1.807, 2.05) is 29.3 Å². The zero-order chi connectivity index (χ0) is 20.5. The van der Waals surface area contributed by atoms with Gasteiger partial charge in [-0.1, -0.05) is 36.4 Å². The highest BCUT2D eigenvalue weighted by Crippen LogP contribution is 2.37. The molecule has 0 saturated carbocycles. The first-order valence-electron chi connectivity index (χ1n) is 10.6. The number of para-hydroxylation sites is 2. The highest BCUT2D eigenvalue weighted by molar-refractivity contribution is 5.92. The number of hydrogen-bond acceptors (Lipinski definition) is 4. The monoisotopic (exact) mass is 398 g/mol. The highest BCUT2D eigenvalue weighted by Gasteiger charge is 2.28. The summed E-state index contributed by atoms with van der Waals surface area (Å²) in [6, 6.07) is 23.2. The number of pyridine rings is 1. The number of benzene rings is 2. The second-order valence-corrected chi connectivity index (χ2v) is 8.07. The predicted octanol–water partition coefficient (Wildman–Crippen LogP) is 4.13. The van der Waals surface area contributed by atoms with Crippen LogP contribution in [0.4, 0.5) is 17.1 Å². The average Bonchev–Trinajstić information content (AvgIpc) is 3.15. The van der Waals surface area contributed by atoms with Crippen molar-refractivity contribution in [3.63, 3.8) is 0 Å². The number of nitrogens with zero attached hydrogens (tertiary/aromatic N) is 4. The molecule has 1 fully saturated rings. The van der Waals surface area contributed by atoms with E-state index in [1.54, 1.807) is 0 Å². The Morgan fingerprint density at radius 1 is 0.867 bits per heavy atom. The minimum atomic E-state index is 0.0177. The maximum absolute atomic E-state index is 13.0. The van der Waals surface area contributed by atoms with Gasteiger partial charge in [0.1, 0.15) is 5.69 Å². The Balaban J connectivity index is 1.27. The molecule has 0 radical (unpaired) electrons. The molecule has 1 unspecified atom stereocenters. The van der Waals surface area contributed by atoms with Gasteiger partial charge in [-0.15, -0.1) is 0 Å². The van der Waals surface area contributed by atoms with Crippen LogP contribution in [0.2, 0.25) is 0 Å². The molecule has 30 heavy (non-hydrogen) atoms. The molecule has 5 heteroatoms. The Hall–Kier alpha value is -3.34. The molecule has 0 aliphatic carbocycles. The third-order valence-corrected chi connectivity index (χ3v) is 6.14. The molecular weight excluding hydrogens is 372 g/mol. The fourth-order valence-electron chi connectivity index (χ4n) is 4.58. The molecule has 152 valence electrons. The fourth-order valence-corrected chi connectivity index (χ4v) is 4.58. The SMILES string of the molecule is CC1Cc2ccccc2N1c1ccc(C(=O)N2CCN(c3ccccc3)CC2)nc1. The second kappa shape index (κ2) is 7.82. The van der Waals surface area contributed by atoms with E-state index in [0.717, 1.165) is 25.2 Å². The van der Waals surface area contributed by atoms with Crippen molar-refractivity contribution >= 4 is 23.0 Å². The summed E-state index contributed by atoms with van der Waals surface area (Å²) in [6.07, 6.45) is 2.87. The standard InChI is InChI=1S/C25H26N4O/c1-19-17-20-7-5-6-10-24(20)29(19)22-11-12-23(26-18-22)25(30)28-15-13-27(14-16-28)21-8-3-2-4-9-21/h2-12,18-19H,13-17H2,1H3. The van der Waals surface area contributed by atoms with E-state index in [2.05, 4.69) is 70.2 Å². The van der Waals surface area contributed by atoms with Crippen molar-refractivity contribution in [2.75, 3.05) is 36.0 Å². The number of amides is 1. The fraction of sp³-hybridized carbons (Fsp3) is 0.280. The van der Waals surface area contributed by atoms with Gasteiger partial charge in [-0.3, -0.25) is 4.79 Å². The number of hydrogen-bond donors (Lipinski definition) is 0. The molecule has 3 heterocycles. The van der Waals surface area contributed by atoms with Crippen molar-refractivity contribution in [3.8, 4) is 0 Å². The van der Waals surface area contributed by atoms with E-state index < -0.39 is 0 Å². The lowest BCUT2D eigenvalue weighted by Gasteiger charge is -2.36. The van der Waals surface area contributed by atoms with E-state index in [0.29, 0.717) is 24.8 Å². The highest BCUT2D eigenvalue weighted by atomic mass is 16.2. The van der Waals surface area contributed by atoms with Crippen molar-refractivity contribution in [3.05, 3.63) is 84.2 Å². The van der Waals surface area contributed by atoms with Crippen molar-refractivity contribution in [1.29, 1.82) is 0 Å². The quantitative estimate of drug-likeness (QED) is 0.665. The second-order valence-electron chi connectivity index (χ2n) is 8.07. The van der Waals surface area contributed by atoms with Gasteiger partial charge < -0.3 is 14.7 Å². The van der Waals surface area contributed by atoms with Gasteiger partial charge in [-0.05, 0) is 49.2 Å². The number of aromatic nitrogens is 1. The average molecular weight is 399 g/mol. The Morgan fingerprint density at radius 3 is 2.33 bits per heavy atom. The molecule has 0 spiro atoms. The molecule has 0 N–H and O–H groups in total. The number of anilines is 3. The van der Waals surface area contributed by atoms with Crippen LogP contribution in [0.3, 0.4) is 0 Å². The lowest BCUT2D eigenvalue weighted by Crippen LogP contribution is -2.49. The van der Waals surface area contributed by atoms with E-state index in [1.165, 1.54) is 16.9 Å². The first kappa shape index (κ1) is 18.7. The summed E-state index contributed by atoms with van der Waals surface area (Å²) in [4.78, 5) is 24.1. The first-order valence-corrected chi connectivity index (χ1v) is 10.6. The number of carbonyl (C=O) groups is 1. The summed E-state index contributed by atoms with van der Waals surface area (Å²) in [5.74, 6) is 0.0177. The normalized spacial score (nSPS) is 18.4. The third kappa shape index (κ3) is 3.41. The molecule has 1 saturated heterocycles. The minimum Gasteiger partial charge on any atom is -0.368 e. The lowest BCUT2D eigenvalue weighted by molar-refractivity contribution is 0.0741. The van der Waals surface area contributed by atoms with E-state index in [4.69, 9.17) is 0 Å². The summed E-state index contributed by atoms with van der Waals surface area (Å²) in [7, 11) is 0. The van der Waals surface area contributed by atoms with Gasteiger partial charge in [0.2, 0.25) is 0 Å². The molecule has 1 amide bonds. The zero-order valence-corrected chi connectivity index (χ0v) is 17.2. The Bertz CT molecular complexity index is 1030. The molecule has 2 aliphatic heterocycles. The first-order chi connectivity index (χ1) is 14.7. The molecule has 0 bridgehead atoms. The topological polar surface area (TPSA) is 39.7 Å². The summed E-state index contributed by atoms with van der Waals surface area (Å²) >= 11 is 0. The number of carbonyl (C=O) groups excluding carboxylic acids is 1.